The average Bonchev–Trinajstić information content (AvgIpc) is 3.20. The zero-order valence-electron chi connectivity index (χ0n) is 18.5. The standard InChI is InChI=1S/C22H20ClF3N6O3/c1-11(30-20-27-4-3-18(31-20)32-17(12(2)33)10-35-21(32)34)19-28-8-14(9-29-19)13-5-15(22(24,25)26)7-16(23)6-13/h3-9,11-12,17,33H,10H2,1-2H3,(H,27,30,31)/t11-,12-,17-/m1/s1. The normalized spacial score (nSPS) is 17.7. The van der Waals surface area contributed by atoms with Gasteiger partial charge in [-0.25, -0.2) is 19.7 Å². The molecule has 0 spiro atoms. The van der Waals surface area contributed by atoms with Gasteiger partial charge in [0.1, 0.15) is 24.3 Å². The monoisotopic (exact) mass is 508 g/mol. The highest BCUT2D eigenvalue weighted by atomic mass is 35.5. The highest BCUT2D eigenvalue weighted by molar-refractivity contribution is 6.31. The van der Waals surface area contributed by atoms with Crippen LogP contribution in [0.5, 0.6) is 0 Å². The Labute approximate surface area is 203 Å². The maximum Gasteiger partial charge on any atom is 0.416 e. The predicted octanol–water partition coefficient (Wildman–Crippen LogP) is 4.48. The van der Waals surface area contributed by atoms with Crippen molar-refractivity contribution in [2.24, 2.45) is 0 Å². The zero-order valence-corrected chi connectivity index (χ0v) is 19.2. The van der Waals surface area contributed by atoms with E-state index in [1.54, 1.807) is 13.8 Å². The highest BCUT2D eigenvalue weighted by Gasteiger charge is 2.38. The van der Waals surface area contributed by atoms with Gasteiger partial charge in [-0.05, 0) is 43.7 Å². The maximum atomic E-state index is 13.1. The molecule has 3 heterocycles. The zero-order chi connectivity index (χ0) is 25.3. The molecule has 0 aliphatic carbocycles. The van der Waals surface area contributed by atoms with E-state index in [0.29, 0.717) is 11.4 Å². The van der Waals surface area contributed by atoms with E-state index >= 15 is 0 Å². The summed E-state index contributed by atoms with van der Waals surface area (Å²) in [7, 11) is 0. The average molecular weight is 509 g/mol. The van der Waals surface area contributed by atoms with Crippen molar-refractivity contribution >= 4 is 29.5 Å². The Kier molecular flexibility index (Phi) is 6.77. The number of hydrogen-bond donors (Lipinski definition) is 2. The molecule has 3 atom stereocenters. The Balaban J connectivity index is 1.51. The number of halogens is 4. The van der Waals surface area contributed by atoms with Gasteiger partial charge >= 0.3 is 12.3 Å². The summed E-state index contributed by atoms with van der Waals surface area (Å²) < 4.78 is 44.3. The second-order valence-corrected chi connectivity index (χ2v) is 8.35. The predicted molar refractivity (Wildman–Crippen MR) is 121 cm³/mol. The second-order valence-electron chi connectivity index (χ2n) is 7.92. The van der Waals surface area contributed by atoms with Crippen LogP contribution in [0.1, 0.15) is 31.3 Å². The fraction of sp³-hybridized carbons (Fsp3) is 0.318. The maximum absolute atomic E-state index is 13.1. The Morgan fingerprint density at radius 2 is 1.89 bits per heavy atom. The Hall–Kier alpha value is -3.51. The molecule has 0 radical (unpaired) electrons. The molecule has 1 aliphatic heterocycles. The number of nitrogens with one attached hydrogen (secondary N) is 1. The van der Waals surface area contributed by atoms with E-state index in [-0.39, 0.29) is 29.0 Å². The summed E-state index contributed by atoms with van der Waals surface area (Å²) in [5.74, 6) is 0.764. The summed E-state index contributed by atoms with van der Waals surface area (Å²) >= 11 is 5.86. The van der Waals surface area contributed by atoms with Crippen molar-refractivity contribution in [3.63, 3.8) is 0 Å². The van der Waals surface area contributed by atoms with Gasteiger partial charge in [-0.2, -0.15) is 18.2 Å². The number of aliphatic hydroxyl groups is 1. The number of benzene rings is 1. The van der Waals surface area contributed by atoms with Crippen LogP contribution in [0.3, 0.4) is 0 Å². The summed E-state index contributed by atoms with van der Waals surface area (Å²) in [6, 6.07) is 3.69. The Morgan fingerprint density at radius 3 is 2.54 bits per heavy atom. The minimum atomic E-state index is -4.53. The lowest BCUT2D eigenvalue weighted by molar-refractivity contribution is -0.137. The van der Waals surface area contributed by atoms with Crippen molar-refractivity contribution in [2.45, 2.75) is 38.2 Å². The van der Waals surface area contributed by atoms with Gasteiger partial charge in [-0.1, -0.05) is 11.6 Å². The first kappa shape index (κ1) is 24.6. The van der Waals surface area contributed by atoms with E-state index in [1.165, 1.54) is 35.6 Å². The third-order valence-electron chi connectivity index (χ3n) is 5.31. The van der Waals surface area contributed by atoms with E-state index in [9.17, 15) is 23.1 Å². The van der Waals surface area contributed by atoms with Crippen LogP contribution in [0.4, 0.5) is 29.7 Å². The van der Waals surface area contributed by atoms with Crippen molar-refractivity contribution in [2.75, 3.05) is 16.8 Å². The lowest BCUT2D eigenvalue weighted by atomic mass is 10.1. The molecule has 3 aromatic rings. The number of ether oxygens (including phenoxy) is 1. The quantitative estimate of drug-likeness (QED) is 0.501. The van der Waals surface area contributed by atoms with Crippen molar-refractivity contribution in [3.05, 3.63) is 59.3 Å². The van der Waals surface area contributed by atoms with Crippen molar-refractivity contribution in [1.82, 2.24) is 19.9 Å². The van der Waals surface area contributed by atoms with Crippen LogP contribution >= 0.6 is 11.6 Å². The second kappa shape index (κ2) is 9.62. The molecule has 1 saturated heterocycles. The highest BCUT2D eigenvalue weighted by Crippen LogP contribution is 2.34. The lowest BCUT2D eigenvalue weighted by Crippen LogP contribution is -2.41. The number of hydrogen-bond acceptors (Lipinski definition) is 8. The molecule has 1 aliphatic rings. The number of amides is 1. The van der Waals surface area contributed by atoms with Gasteiger partial charge in [0.15, 0.2) is 0 Å². The summed E-state index contributed by atoms with van der Waals surface area (Å²) in [6.07, 6.45) is -1.74. The number of carbonyl (C=O) groups is 1. The minimum Gasteiger partial charge on any atom is -0.447 e. The number of cyclic esters (lactones) is 1. The van der Waals surface area contributed by atoms with E-state index in [2.05, 4.69) is 25.3 Å². The first-order valence-corrected chi connectivity index (χ1v) is 10.8. The molecular formula is C22H20ClF3N6O3. The van der Waals surface area contributed by atoms with Gasteiger partial charge in [0.05, 0.1) is 17.7 Å². The first-order valence-electron chi connectivity index (χ1n) is 10.5. The Bertz CT molecular complexity index is 1230. The molecule has 1 fully saturated rings. The SMILES string of the molecule is C[C@@H](Nc1nccc(N2C(=O)OC[C@@H]2[C@@H](C)O)n1)c1ncc(-c2cc(Cl)cc(C(F)(F)F)c2)cn1. The number of anilines is 2. The van der Waals surface area contributed by atoms with Crippen molar-refractivity contribution in [1.29, 1.82) is 0 Å². The van der Waals surface area contributed by atoms with Crippen LogP contribution in [-0.4, -0.2) is 49.9 Å². The number of rotatable bonds is 6. The molecule has 4 rings (SSSR count). The van der Waals surface area contributed by atoms with E-state index in [4.69, 9.17) is 16.3 Å². The summed E-state index contributed by atoms with van der Waals surface area (Å²) in [4.78, 5) is 30.3. The van der Waals surface area contributed by atoms with Gasteiger partial charge in [0.25, 0.3) is 0 Å². The van der Waals surface area contributed by atoms with Crippen molar-refractivity contribution < 1.29 is 27.8 Å². The lowest BCUT2D eigenvalue weighted by Gasteiger charge is -2.23. The minimum absolute atomic E-state index is 0.0386. The van der Waals surface area contributed by atoms with Gasteiger partial charge < -0.3 is 15.2 Å². The van der Waals surface area contributed by atoms with Crippen LogP contribution in [0.15, 0.2) is 42.9 Å². The molecule has 0 bridgehead atoms. The third-order valence-corrected chi connectivity index (χ3v) is 5.53. The van der Waals surface area contributed by atoms with Gasteiger partial charge in [-0.15, -0.1) is 0 Å². The summed E-state index contributed by atoms with van der Waals surface area (Å²) in [6.45, 7) is 3.34. The van der Waals surface area contributed by atoms with Gasteiger partial charge in [0, 0.05) is 29.2 Å². The number of carbonyl (C=O) groups excluding carboxylic acids is 1. The molecule has 2 aromatic heterocycles. The van der Waals surface area contributed by atoms with Crippen LogP contribution in [-0.2, 0) is 10.9 Å². The number of nitrogens with zero attached hydrogens (tertiary/aromatic N) is 5. The van der Waals surface area contributed by atoms with E-state index in [1.807, 2.05) is 0 Å². The number of alkyl halides is 3. The molecule has 184 valence electrons. The molecule has 1 aromatic carbocycles. The van der Waals surface area contributed by atoms with Crippen LogP contribution < -0.4 is 10.2 Å². The van der Waals surface area contributed by atoms with Crippen LogP contribution in [0, 0.1) is 0 Å². The molecular weight excluding hydrogens is 489 g/mol. The first-order chi connectivity index (χ1) is 16.5. The largest absolute Gasteiger partial charge is 0.447 e. The molecule has 13 heteroatoms. The molecule has 9 nitrogen and oxygen atoms in total. The number of aromatic nitrogens is 4. The Morgan fingerprint density at radius 1 is 1.17 bits per heavy atom. The third kappa shape index (κ3) is 5.43. The van der Waals surface area contributed by atoms with Crippen molar-refractivity contribution in [3.8, 4) is 11.1 Å². The van der Waals surface area contributed by atoms with E-state index in [0.717, 1.165) is 12.1 Å². The topological polar surface area (TPSA) is 113 Å². The molecule has 0 saturated carbocycles. The molecule has 0 unspecified atom stereocenters. The number of aliphatic hydroxyl groups excluding tert-OH is 1. The van der Waals surface area contributed by atoms with E-state index < -0.39 is 36.0 Å². The van der Waals surface area contributed by atoms with Gasteiger partial charge in [-0.3, -0.25) is 4.90 Å². The van der Waals surface area contributed by atoms with Crippen LogP contribution in [0.2, 0.25) is 5.02 Å². The van der Waals surface area contributed by atoms with Gasteiger partial charge in [0.2, 0.25) is 5.95 Å². The fourth-order valence-corrected chi connectivity index (χ4v) is 3.73. The molecule has 2 N–H and O–H groups in total. The molecule has 1 amide bonds. The summed E-state index contributed by atoms with van der Waals surface area (Å²) in [5.41, 5.74) is -0.266. The molecule has 35 heavy (non-hydrogen) atoms. The van der Waals surface area contributed by atoms with Crippen LogP contribution in [0.25, 0.3) is 11.1 Å². The smallest absolute Gasteiger partial charge is 0.416 e. The summed E-state index contributed by atoms with van der Waals surface area (Å²) in [5, 5.41) is 12.9. The fourth-order valence-electron chi connectivity index (χ4n) is 3.50.